The lowest BCUT2D eigenvalue weighted by molar-refractivity contribution is 0.0453. The maximum absolute atomic E-state index is 7.08. The molecule has 0 amide bonds. The van der Waals surface area contributed by atoms with Crippen LogP contribution in [-0.4, -0.2) is 29.5 Å². The Kier molecular flexibility index (Phi) is 3.20. The molecule has 1 atom stereocenters. The van der Waals surface area contributed by atoms with Crippen LogP contribution in [0.25, 0.3) is 0 Å². The summed E-state index contributed by atoms with van der Waals surface area (Å²) in [4.78, 5) is 0. The number of nitrogens with two attached hydrogens (primary N) is 1. The van der Waals surface area contributed by atoms with Crippen LogP contribution in [0.5, 0.6) is 0 Å². The van der Waals surface area contributed by atoms with Gasteiger partial charge in [-0.2, -0.15) is 11.8 Å². The molecule has 3 nitrogen and oxygen atoms in total. The van der Waals surface area contributed by atoms with Crippen LogP contribution >= 0.6 is 11.8 Å². The molecule has 1 rings (SSSR count). The van der Waals surface area contributed by atoms with Crippen molar-refractivity contribution >= 4 is 17.6 Å². The quantitative estimate of drug-likeness (QED) is 0.490. The topological polar surface area (TPSA) is 59.1 Å². The zero-order chi connectivity index (χ0) is 8.27. The Labute approximate surface area is 71.2 Å². The monoisotopic (exact) mass is 174 g/mol. The van der Waals surface area contributed by atoms with Gasteiger partial charge >= 0.3 is 0 Å². The Morgan fingerprint density at radius 2 is 2.45 bits per heavy atom. The largest absolute Gasteiger partial charge is 0.388 e. The van der Waals surface area contributed by atoms with Gasteiger partial charge in [-0.15, -0.1) is 0 Å². The summed E-state index contributed by atoms with van der Waals surface area (Å²) in [7, 11) is 0. The molecule has 0 radical (unpaired) electrons. The zero-order valence-corrected chi connectivity index (χ0v) is 7.49. The molecule has 1 saturated heterocycles. The predicted molar refractivity (Wildman–Crippen MR) is 48.2 cm³/mol. The summed E-state index contributed by atoms with van der Waals surface area (Å²) in [5.74, 6) is 0.283. The third kappa shape index (κ3) is 3.12. The van der Waals surface area contributed by atoms with E-state index in [0.29, 0.717) is 16.9 Å². The number of rotatable bonds is 4. The maximum atomic E-state index is 7.08. The maximum Gasteiger partial charge on any atom is 0.0916 e. The summed E-state index contributed by atoms with van der Waals surface area (Å²) < 4.78 is 5.03. The molecular formula is C7H14N2OS. The molecule has 1 aliphatic rings. The molecule has 1 heterocycles. The molecule has 0 aromatic heterocycles. The molecule has 1 unspecified atom stereocenters. The van der Waals surface area contributed by atoms with E-state index in [2.05, 4.69) is 6.92 Å². The Balaban J connectivity index is 2.09. The third-order valence-corrected chi connectivity index (χ3v) is 2.83. The molecule has 0 aliphatic carbocycles. The smallest absolute Gasteiger partial charge is 0.0916 e. The fourth-order valence-corrected chi connectivity index (χ4v) is 2.26. The van der Waals surface area contributed by atoms with Gasteiger partial charge in [-0.05, 0) is 0 Å². The first-order valence-electron chi connectivity index (χ1n) is 3.74. The van der Waals surface area contributed by atoms with Gasteiger partial charge in [0.1, 0.15) is 0 Å². The second-order valence-electron chi connectivity index (χ2n) is 2.84. The Hall–Kier alpha value is -0.220. The number of nitrogens with one attached hydrogen (secondary N) is 1. The number of hydrogen-bond acceptors (Lipinski definition) is 3. The van der Waals surface area contributed by atoms with E-state index < -0.39 is 0 Å². The van der Waals surface area contributed by atoms with E-state index in [0.717, 1.165) is 13.2 Å². The highest BCUT2D eigenvalue weighted by Crippen LogP contribution is 2.25. The molecule has 0 bridgehead atoms. The van der Waals surface area contributed by atoms with Crippen molar-refractivity contribution in [2.24, 2.45) is 5.73 Å². The average Bonchev–Trinajstić information content (AvgIpc) is 1.77. The van der Waals surface area contributed by atoms with E-state index in [4.69, 9.17) is 15.9 Å². The summed E-state index contributed by atoms with van der Waals surface area (Å²) in [6.07, 6.45) is 0.696. The van der Waals surface area contributed by atoms with Crippen molar-refractivity contribution in [3.8, 4) is 0 Å². The second-order valence-corrected chi connectivity index (χ2v) is 4.58. The highest BCUT2D eigenvalue weighted by molar-refractivity contribution is 8.00. The fraction of sp³-hybridized carbons (Fsp3) is 0.857. The molecule has 0 spiro atoms. The lowest BCUT2D eigenvalue weighted by Crippen LogP contribution is -2.32. The van der Waals surface area contributed by atoms with Gasteiger partial charge in [0, 0.05) is 11.7 Å². The lowest BCUT2D eigenvalue weighted by atomic mass is 10.3. The summed E-state index contributed by atoms with van der Waals surface area (Å²) >= 11 is 1.87. The van der Waals surface area contributed by atoms with Gasteiger partial charge in [-0.25, -0.2) is 0 Å². The highest BCUT2D eigenvalue weighted by atomic mass is 32.2. The van der Waals surface area contributed by atoms with Crippen LogP contribution in [0, 0.1) is 5.41 Å². The predicted octanol–water partition coefficient (Wildman–Crippen LogP) is 0.833. The lowest BCUT2D eigenvalue weighted by Gasteiger charge is -2.27. The van der Waals surface area contributed by atoms with Crippen LogP contribution in [0.15, 0.2) is 0 Å². The highest BCUT2D eigenvalue weighted by Gasteiger charge is 2.21. The van der Waals surface area contributed by atoms with Gasteiger partial charge in [0.2, 0.25) is 0 Å². The first kappa shape index (κ1) is 8.87. The van der Waals surface area contributed by atoms with Crippen molar-refractivity contribution in [2.45, 2.75) is 23.8 Å². The molecule has 64 valence electrons. The van der Waals surface area contributed by atoms with Gasteiger partial charge in [-0.1, -0.05) is 6.92 Å². The molecule has 0 aromatic carbocycles. The molecule has 11 heavy (non-hydrogen) atoms. The van der Waals surface area contributed by atoms with Crippen molar-refractivity contribution in [3.63, 3.8) is 0 Å². The second kappa shape index (κ2) is 3.97. The Morgan fingerprint density at radius 1 is 1.82 bits per heavy atom. The molecule has 0 saturated carbocycles. The van der Waals surface area contributed by atoms with Gasteiger partial charge in [0.15, 0.2) is 0 Å². The molecule has 1 aliphatic heterocycles. The van der Waals surface area contributed by atoms with Crippen LogP contribution in [0.3, 0.4) is 0 Å². The molecular weight excluding hydrogens is 160 g/mol. The van der Waals surface area contributed by atoms with Gasteiger partial charge in [0.25, 0.3) is 0 Å². The average molecular weight is 174 g/mol. The molecule has 0 aromatic rings. The molecule has 1 fully saturated rings. The molecule has 4 heteroatoms. The first-order valence-corrected chi connectivity index (χ1v) is 4.69. The summed E-state index contributed by atoms with van der Waals surface area (Å²) in [6, 6.07) is 0. The van der Waals surface area contributed by atoms with E-state index in [1.165, 1.54) is 0 Å². The number of ether oxygens (including phenoxy) is 1. The fourth-order valence-electron chi connectivity index (χ4n) is 0.979. The minimum absolute atomic E-state index is 0.283. The number of amidine groups is 1. The molecule has 3 N–H and O–H groups in total. The number of thioether (sulfide) groups is 1. The van der Waals surface area contributed by atoms with Crippen molar-refractivity contribution in [3.05, 3.63) is 0 Å². The Morgan fingerprint density at radius 3 is 2.82 bits per heavy atom. The summed E-state index contributed by atoms with van der Waals surface area (Å²) in [5.41, 5.74) is 5.27. The van der Waals surface area contributed by atoms with Gasteiger partial charge in [0.05, 0.1) is 24.3 Å². The first-order chi connectivity index (χ1) is 5.18. The van der Waals surface area contributed by atoms with Crippen LogP contribution < -0.4 is 5.73 Å². The standard InChI is InChI=1S/C7H14N2OS/c1-5(2-7(8)9)11-6-3-10-4-6/h5-6H,2-4H2,1H3,(H3,8,9). The van der Waals surface area contributed by atoms with E-state index in [-0.39, 0.29) is 5.84 Å². The van der Waals surface area contributed by atoms with E-state index in [1.807, 2.05) is 11.8 Å². The Bertz CT molecular complexity index is 147. The van der Waals surface area contributed by atoms with E-state index >= 15 is 0 Å². The minimum Gasteiger partial charge on any atom is -0.388 e. The van der Waals surface area contributed by atoms with Crippen LogP contribution in [0.2, 0.25) is 0 Å². The van der Waals surface area contributed by atoms with Gasteiger partial charge in [-0.3, -0.25) is 5.41 Å². The van der Waals surface area contributed by atoms with Crippen molar-refractivity contribution in [1.82, 2.24) is 0 Å². The van der Waals surface area contributed by atoms with Crippen molar-refractivity contribution in [1.29, 1.82) is 5.41 Å². The van der Waals surface area contributed by atoms with Crippen LogP contribution in [0.4, 0.5) is 0 Å². The third-order valence-electron chi connectivity index (χ3n) is 1.54. The minimum atomic E-state index is 0.283. The van der Waals surface area contributed by atoms with Crippen LogP contribution in [0.1, 0.15) is 13.3 Å². The SMILES string of the molecule is CC(CC(=N)N)SC1COC1. The van der Waals surface area contributed by atoms with E-state index in [1.54, 1.807) is 0 Å². The van der Waals surface area contributed by atoms with Crippen molar-refractivity contribution in [2.75, 3.05) is 13.2 Å². The van der Waals surface area contributed by atoms with E-state index in [9.17, 15) is 0 Å². The normalized spacial score (nSPS) is 20.8. The van der Waals surface area contributed by atoms with Crippen LogP contribution in [-0.2, 0) is 4.74 Å². The summed E-state index contributed by atoms with van der Waals surface area (Å²) in [5, 5.41) is 8.18. The summed E-state index contributed by atoms with van der Waals surface area (Å²) in [6.45, 7) is 3.84. The van der Waals surface area contributed by atoms with Crippen molar-refractivity contribution < 1.29 is 4.74 Å². The zero-order valence-electron chi connectivity index (χ0n) is 6.67. The number of hydrogen-bond donors (Lipinski definition) is 2. The van der Waals surface area contributed by atoms with Gasteiger partial charge < -0.3 is 10.5 Å².